The Bertz CT molecular complexity index is 827. The van der Waals surface area contributed by atoms with Gasteiger partial charge in [0.05, 0.1) is 31.5 Å². The molecule has 0 aromatic heterocycles. The van der Waals surface area contributed by atoms with Gasteiger partial charge < -0.3 is 19.6 Å². The maximum absolute atomic E-state index is 12.0. The molecule has 0 spiro atoms. The second-order valence-electron chi connectivity index (χ2n) is 5.59. The van der Waals surface area contributed by atoms with Gasteiger partial charge in [-0.25, -0.2) is 0 Å². The fourth-order valence-corrected chi connectivity index (χ4v) is 2.84. The van der Waals surface area contributed by atoms with Gasteiger partial charge in [0.1, 0.15) is 0 Å². The standard InChI is InChI=1S/C19H20Cl2N2O4/c1-12(14-5-4-6-15(20)9-14)23-18(24)11-27-22-10-13-7-16(21)19(26-3)17(8-13)25-2/h4-10,12H,11H2,1-3H3,(H,23,24)/b22-10+. The average molecular weight is 411 g/mol. The van der Waals surface area contributed by atoms with E-state index in [1.165, 1.54) is 20.4 Å². The minimum absolute atomic E-state index is 0.201. The Labute approximate surface area is 168 Å². The first-order valence-corrected chi connectivity index (χ1v) is 8.82. The van der Waals surface area contributed by atoms with Crippen molar-refractivity contribution in [3.63, 3.8) is 0 Å². The number of carbonyl (C=O) groups is 1. The van der Waals surface area contributed by atoms with Crippen LogP contribution in [0.4, 0.5) is 0 Å². The molecule has 2 rings (SSSR count). The van der Waals surface area contributed by atoms with Crippen LogP contribution in [0, 0.1) is 0 Å². The first-order chi connectivity index (χ1) is 12.9. The van der Waals surface area contributed by atoms with Gasteiger partial charge in [-0.3, -0.25) is 4.79 Å². The Morgan fingerprint density at radius 2 is 2.00 bits per heavy atom. The topological polar surface area (TPSA) is 69.2 Å². The lowest BCUT2D eigenvalue weighted by Crippen LogP contribution is -2.29. The number of methoxy groups -OCH3 is 2. The molecule has 0 aliphatic rings. The lowest BCUT2D eigenvalue weighted by atomic mass is 10.1. The van der Waals surface area contributed by atoms with Crippen LogP contribution in [-0.2, 0) is 9.63 Å². The fraction of sp³-hybridized carbons (Fsp3) is 0.263. The smallest absolute Gasteiger partial charge is 0.261 e. The normalized spacial score (nSPS) is 11.9. The van der Waals surface area contributed by atoms with Crippen molar-refractivity contribution in [2.45, 2.75) is 13.0 Å². The van der Waals surface area contributed by atoms with Crippen LogP contribution in [0.3, 0.4) is 0 Å². The number of hydrogen-bond donors (Lipinski definition) is 1. The molecule has 0 aliphatic heterocycles. The summed E-state index contributed by atoms with van der Waals surface area (Å²) in [5.74, 6) is 0.608. The highest BCUT2D eigenvalue weighted by Gasteiger charge is 2.11. The number of ether oxygens (including phenoxy) is 2. The van der Waals surface area contributed by atoms with Crippen LogP contribution in [0.25, 0.3) is 0 Å². The zero-order chi connectivity index (χ0) is 19.8. The molecule has 0 heterocycles. The second kappa shape index (κ2) is 10.0. The van der Waals surface area contributed by atoms with Crippen LogP contribution in [0.2, 0.25) is 10.0 Å². The number of oxime groups is 1. The first kappa shape index (κ1) is 20.9. The van der Waals surface area contributed by atoms with Crippen molar-refractivity contribution in [3.8, 4) is 11.5 Å². The SMILES string of the molecule is COc1cc(/C=N/OCC(=O)NC(C)c2cccc(Cl)c2)cc(Cl)c1OC. The molecule has 0 bridgehead atoms. The van der Waals surface area contributed by atoms with Gasteiger partial charge in [0, 0.05) is 10.6 Å². The first-order valence-electron chi connectivity index (χ1n) is 8.06. The molecular formula is C19H20Cl2N2O4. The fourth-order valence-electron chi connectivity index (χ4n) is 2.35. The lowest BCUT2D eigenvalue weighted by Gasteiger charge is -2.14. The van der Waals surface area contributed by atoms with Crippen molar-refractivity contribution in [2.75, 3.05) is 20.8 Å². The van der Waals surface area contributed by atoms with E-state index in [1.54, 1.807) is 24.3 Å². The van der Waals surface area contributed by atoms with Crippen LogP contribution in [-0.4, -0.2) is 32.9 Å². The molecule has 2 aromatic rings. The summed E-state index contributed by atoms with van der Waals surface area (Å²) in [6.07, 6.45) is 1.43. The van der Waals surface area contributed by atoms with Crippen LogP contribution < -0.4 is 14.8 Å². The van der Waals surface area contributed by atoms with E-state index in [-0.39, 0.29) is 18.6 Å². The van der Waals surface area contributed by atoms with Crippen LogP contribution in [0.1, 0.15) is 24.1 Å². The molecule has 1 N–H and O–H groups in total. The summed E-state index contributed by atoms with van der Waals surface area (Å²) in [6, 6.07) is 10.4. The van der Waals surface area contributed by atoms with Crippen LogP contribution in [0.5, 0.6) is 11.5 Å². The summed E-state index contributed by atoms with van der Waals surface area (Å²) in [5, 5.41) is 7.59. The van der Waals surface area contributed by atoms with Crippen molar-refractivity contribution in [3.05, 3.63) is 57.6 Å². The summed E-state index contributed by atoms with van der Waals surface area (Å²) in [5.41, 5.74) is 1.55. The van der Waals surface area contributed by atoms with E-state index in [2.05, 4.69) is 10.5 Å². The third-order valence-electron chi connectivity index (χ3n) is 3.65. The van der Waals surface area contributed by atoms with E-state index in [0.29, 0.717) is 27.1 Å². The molecule has 144 valence electrons. The predicted octanol–water partition coefficient (Wildman–Crippen LogP) is 4.24. The number of amides is 1. The Kier molecular flexibility index (Phi) is 7.76. The number of rotatable bonds is 8. The number of halogens is 2. The average Bonchev–Trinajstić information content (AvgIpc) is 2.64. The molecule has 27 heavy (non-hydrogen) atoms. The van der Waals surface area contributed by atoms with Crippen molar-refractivity contribution >= 4 is 35.3 Å². The van der Waals surface area contributed by atoms with Gasteiger partial charge in [-0.1, -0.05) is 40.5 Å². The number of nitrogens with zero attached hydrogens (tertiary/aromatic N) is 1. The number of benzene rings is 2. The number of carbonyl (C=O) groups excluding carboxylic acids is 1. The minimum atomic E-state index is -0.301. The molecule has 1 amide bonds. The van der Waals surface area contributed by atoms with Gasteiger partial charge in [0.2, 0.25) is 0 Å². The van der Waals surface area contributed by atoms with Gasteiger partial charge in [0.25, 0.3) is 5.91 Å². The lowest BCUT2D eigenvalue weighted by molar-refractivity contribution is -0.126. The Morgan fingerprint density at radius 3 is 2.67 bits per heavy atom. The highest BCUT2D eigenvalue weighted by Crippen LogP contribution is 2.35. The molecule has 6 nitrogen and oxygen atoms in total. The quantitative estimate of drug-likeness (QED) is 0.521. The highest BCUT2D eigenvalue weighted by atomic mass is 35.5. The molecule has 0 saturated heterocycles. The monoisotopic (exact) mass is 410 g/mol. The molecule has 1 atom stereocenters. The molecule has 0 aliphatic carbocycles. The molecule has 0 fully saturated rings. The van der Waals surface area contributed by atoms with Gasteiger partial charge in [-0.05, 0) is 36.8 Å². The zero-order valence-electron chi connectivity index (χ0n) is 15.2. The summed E-state index contributed by atoms with van der Waals surface area (Å²) >= 11 is 12.1. The highest BCUT2D eigenvalue weighted by molar-refractivity contribution is 6.32. The van der Waals surface area contributed by atoms with Crippen molar-refractivity contribution in [2.24, 2.45) is 5.16 Å². The molecular weight excluding hydrogens is 391 g/mol. The Balaban J connectivity index is 1.88. The number of nitrogens with one attached hydrogen (secondary N) is 1. The molecule has 0 saturated carbocycles. The maximum atomic E-state index is 12.0. The van der Waals surface area contributed by atoms with E-state index >= 15 is 0 Å². The third kappa shape index (κ3) is 6.05. The minimum Gasteiger partial charge on any atom is -0.493 e. The number of hydrogen-bond acceptors (Lipinski definition) is 5. The maximum Gasteiger partial charge on any atom is 0.261 e. The van der Waals surface area contributed by atoms with Crippen molar-refractivity contribution < 1.29 is 19.1 Å². The van der Waals surface area contributed by atoms with E-state index in [9.17, 15) is 4.79 Å². The van der Waals surface area contributed by atoms with Crippen molar-refractivity contribution in [1.82, 2.24) is 5.32 Å². The Hall–Kier alpha value is -2.44. The summed E-state index contributed by atoms with van der Waals surface area (Å²) in [4.78, 5) is 17.0. The van der Waals surface area contributed by atoms with Crippen LogP contribution in [0.15, 0.2) is 41.6 Å². The van der Waals surface area contributed by atoms with E-state index in [0.717, 1.165) is 5.56 Å². The van der Waals surface area contributed by atoms with Gasteiger partial charge >= 0.3 is 0 Å². The third-order valence-corrected chi connectivity index (χ3v) is 4.17. The summed E-state index contributed by atoms with van der Waals surface area (Å²) in [7, 11) is 3.01. The Morgan fingerprint density at radius 1 is 1.22 bits per heavy atom. The second-order valence-corrected chi connectivity index (χ2v) is 6.43. The van der Waals surface area contributed by atoms with Crippen molar-refractivity contribution in [1.29, 1.82) is 0 Å². The molecule has 8 heteroatoms. The van der Waals surface area contributed by atoms with Gasteiger partial charge in [-0.15, -0.1) is 0 Å². The predicted molar refractivity (Wildman–Crippen MR) is 106 cm³/mol. The van der Waals surface area contributed by atoms with Crippen LogP contribution >= 0.6 is 23.2 Å². The van der Waals surface area contributed by atoms with E-state index in [1.807, 2.05) is 19.1 Å². The summed E-state index contributed by atoms with van der Waals surface area (Å²) < 4.78 is 10.4. The zero-order valence-corrected chi connectivity index (χ0v) is 16.7. The largest absolute Gasteiger partial charge is 0.493 e. The van der Waals surface area contributed by atoms with E-state index < -0.39 is 0 Å². The van der Waals surface area contributed by atoms with Gasteiger partial charge in [0.15, 0.2) is 18.1 Å². The molecule has 0 radical (unpaired) electrons. The summed E-state index contributed by atoms with van der Waals surface area (Å²) in [6.45, 7) is 1.64. The van der Waals surface area contributed by atoms with Gasteiger partial charge in [-0.2, -0.15) is 0 Å². The van der Waals surface area contributed by atoms with E-state index in [4.69, 9.17) is 37.5 Å². The molecule has 1 unspecified atom stereocenters. The molecule has 2 aromatic carbocycles.